The van der Waals surface area contributed by atoms with Crippen LogP contribution < -0.4 is 9.47 Å². The molecule has 0 amide bonds. The molecule has 0 radical (unpaired) electrons. The number of methoxy groups -OCH3 is 2. The van der Waals surface area contributed by atoms with Crippen LogP contribution in [0.15, 0.2) is 59.8 Å². The first-order valence-electron chi connectivity index (χ1n) is 12.1. The van der Waals surface area contributed by atoms with Crippen molar-refractivity contribution in [2.45, 2.75) is 25.3 Å². The Bertz CT molecular complexity index is 1170. The molecular weight excluding hydrogens is 458 g/mol. The number of aryl methyl sites for hydroxylation is 1. The summed E-state index contributed by atoms with van der Waals surface area (Å²) in [6, 6.07) is 18.2. The summed E-state index contributed by atoms with van der Waals surface area (Å²) < 4.78 is 17.1. The van der Waals surface area contributed by atoms with Gasteiger partial charge in [0.25, 0.3) is 0 Å². The summed E-state index contributed by atoms with van der Waals surface area (Å²) in [5.41, 5.74) is 4.83. The molecule has 1 aromatic heterocycles. The van der Waals surface area contributed by atoms with E-state index in [1.807, 2.05) is 6.07 Å². The summed E-state index contributed by atoms with van der Waals surface area (Å²) in [6.07, 6.45) is 3.57. The Morgan fingerprint density at radius 1 is 1.06 bits per heavy atom. The first kappa shape index (κ1) is 25.5. The molecule has 0 fully saturated rings. The number of nitrogens with zero attached hydrogens (tertiary/aromatic N) is 3. The molecule has 2 N–H and O–H groups in total. The van der Waals surface area contributed by atoms with E-state index >= 15 is 0 Å². The molecule has 1 unspecified atom stereocenters. The Balaban J connectivity index is 1.37. The van der Waals surface area contributed by atoms with E-state index < -0.39 is 0 Å². The van der Waals surface area contributed by atoms with E-state index in [1.54, 1.807) is 26.4 Å². The summed E-state index contributed by atoms with van der Waals surface area (Å²) in [6.45, 7) is 2.97. The molecule has 1 aliphatic rings. The van der Waals surface area contributed by atoms with E-state index in [0.29, 0.717) is 19.6 Å². The molecule has 0 spiro atoms. The van der Waals surface area contributed by atoms with Crippen molar-refractivity contribution in [3.63, 3.8) is 0 Å². The minimum atomic E-state index is -0.0139. The molecule has 0 saturated heterocycles. The summed E-state index contributed by atoms with van der Waals surface area (Å²) in [7, 11) is 3.34. The summed E-state index contributed by atoms with van der Waals surface area (Å²) in [5, 5.41) is 21.4. The normalized spacial score (nSPS) is 15.7. The average Bonchev–Trinajstić information content (AvgIpc) is 2.91. The van der Waals surface area contributed by atoms with Crippen molar-refractivity contribution in [2.24, 2.45) is 5.16 Å². The second-order valence-corrected chi connectivity index (χ2v) is 8.67. The number of fused-ring (bicyclic) bond motifs is 1. The lowest BCUT2D eigenvalue weighted by Gasteiger charge is -2.38. The molecule has 2 aromatic carbocycles. The Kier molecular flexibility index (Phi) is 8.76. The maximum absolute atomic E-state index is 9.74. The molecule has 1 aliphatic heterocycles. The molecule has 36 heavy (non-hydrogen) atoms. The monoisotopic (exact) mass is 491 g/mol. The third-order valence-corrected chi connectivity index (χ3v) is 6.47. The van der Waals surface area contributed by atoms with E-state index in [2.05, 4.69) is 51.4 Å². The van der Waals surface area contributed by atoms with Crippen LogP contribution in [-0.2, 0) is 17.6 Å². The van der Waals surface area contributed by atoms with Gasteiger partial charge in [0, 0.05) is 25.4 Å². The average molecular weight is 492 g/mol. The quantitative estimate of drug-likeness (QED) is 0.180. The highest BCUT2D eigenvalue weighted by Gasteiger charge is 2.30. The van der Waals surface area contributed by atoms with Gasteiger partial charge in [-0.2, -0.15) is 0 Å². The molecule has 0 bridgehead atoms. The van der Waals surface area contributed by atoms with Gasteiger partial charge in [-0.1, -0.05) is 35.5 Å². The maximum atomic E-state index is 9.74. The fraction of sp³-hybridized carbons (Fsp3) is 0.357. The van der Waals surface area contributed by atoms with Crippen molar-refractivity contribution in [2.75, 3.05) is 40.5 Å². The molecule has 190 valence electrons. The van der Waals surface area contributed by atoms with Gasteiger partial charge in [0.05, 0.1) is 33.1 Å². The van der Waals surface area contributed by atoms with Crippen molar-refractivity contribution in [3.8, 4) is 17.2 Å². The fourth-order valence-corrected chi connectivity index (χ4v) is 4.70. The molecule has 0 aliphatic carbocycles. The molecule has 2 heterocycles. The Hall–Kier alpha value is -3.62. The van der Waals surface area contributed by atoms with Crippen molar-refractivity contribution in [3.05, 3.63) is 82.7 Å². The first-order chi connectivity index (χ1) is 17.6. The van der Waals surface area contributed by atoms with Gasteiger partial charge >= 0.3 is 0 Å². The smallest absolute Gasteiger partial charge is 0.161 e. The minimum Gasteiger partial charge on any atom is -0.506 e. The van der Waals surface area contributed by atoms with Crippen LogP contribution >= 0.6 is 0 Å². The van der Waals surface area contributed by atoms with Crippen LogP contribution in [0.3, 0.4) is 0 Å². The summed E-state index contributed by atoms with van der Waals surface area (Å²) in [5.74, 6) is 1.49. The number of pyridine rings is 1. The highest BCUT2D eigenvalue weighted by atomic mass is 16.5. The number of hydrogen-bond donors (Lipinski definition) is 2. The topological polar surface area (TPSA) is 96.6 Å². The second-order valence-electron chi connectivity index (χ2n) is 8.67. The first-order valence-corrected chi connectivity index (χ1v) is 12.1. The van der Waals surface area contributed by atoms with Crippen LogP contribution in [0.5, 0.6) is 17.2 Å². The van der Waals surface area contributed by atoms with Gasteiger partial charge in [-0.05, 0) is 60.2 Å². The second kappa shape index (κ2) is 12.4. The number of hydrogen-bond acceptors (Lipinski definition) is 8. The number of ether oxygens (including phenoxy) is 3. The lowest BCUT2D eigenvalue weighted by molar-refractivity contribution is 0.0888. The summed E-state index contributed by atoms with van der Waals surface area (Å²) >= 11 is 0. The lowest BCUT2D eigenvalue weighted by atomic mass is 9.87. The molecule has 4 rings (SSSR count). The van der Waals surface area contributed by atoms with E-state index in [4.69, 9.17) is 19.4 Å². The number of aromatic hydroxyl groups is 1. The highest BCUT2D eigenvalue weighted by Crippen LogP contribution is 2.40. The predicted molar refractivity (Wildman–Crippen MR) is 138 cm³/mol. The van der Waals surface area contributed by atoms with Gasteiger partial charge in [-0.3, -0.25) is 4.90 Å². The highest BCUT2D eigenvalue weighted by molar-refractivity contribution is 5.80. The van der Waals surface area contributed by atoms with E-state index in [9.17, 15) is 5.11 Å². The Morgan fingerprint density at radius 2 is 1.83 bits per heavy atom. The third-order valence-electron chi connectivity index (χ3n) is 6.47. The van der Waals surface area contributed by atoms with Crippen LogP contribution in [0.4, 0.5) is 0 Å². The van der Waals surface area contributed by atoms with Gasteiger partial charge in [0.1, 0.15) is 11.4 Å². The van der Waals surface area contributed by atoms with Crippen LogP contribution in [0.1, 0.15) is 40.5 Å². The molecular formula is C28H33N3O5. The van der Waals surface area contributed by atoms with E-state index in [-0.39, 0.29) is 17.5 Å². The zero-order valence-electron chi connectivity index (χ0n) is 20.8. The van der Waals surface area contributed by atoms with Gasteiger partial charge in [0.2, 0.25) is 0 Å². The zero-order chi connectivity index (χ0) is 25.3. The van der Waals surface area contributed by atoms with Crippen LogP contribution in [-0.4, -0.2) is 66.9 Å². The van der Waals surface area contributed by atoms with Crippen LogP contribution in [0.2, 0.25) is 0 Å². The SMILES string of the molecule is COc1cc2c(cc1OC)C(c1ccccc1)N(CCOCCCc1ccc(O)c(/C=N/O)n1)CC2. The van der Waals surface area contributed by atoms with Gasteiger partial charge in [-0.25, -0.2) is 4.98 Å². The Labute approximate surface area is 211 Å². The standard InChI is InChI=1S/C28H33N3O5/c1-34-26-17-21-12-13-31(28(20-7-4-3-5-8-20)23(21)18-27(26)35-2)14-16-36-15-6-9-22-10-11-25(32)24(30-22)19-29-33/h3-5,7-8,10-11,17-19,28,32-33H,6,9,12-16H2,1-2H3/b29-19+. The van der Waals surface area contributed by atoms with Crippen LogP contribution in [0, 0.1) is 0 Å². The fourth-order valence-electron chi connectivity index (χ4n) is 4.70. The van der Waals surface area contributed by atoms with Crippen molar-refractivity contribution >= 4 is 6.21 Å². The van der Waals surface area contributed by atoms with Gasteiger partial charge in [-0.15, -0.1) is 0 Å². The van der Waals surface area contributed by atoms with Gasteiger partial charge < -0.3 is 24.5 Å². The number of aromatic nitrogens is 1. The van der Waals surface area contributed by atoms with Crippen LogP contribution in [0.25, 0.3) is 0 Å². The third kappa shape index (κ3) is 5.95. The number of oxime groups is 1. The molecule has 0 saturated carbocycles. The van der Waals surface area contributed by atoms with Gasteiger partial charge in [0.15, 0.2) is 11.5 Å². The maximum Gasteiger partial charge on any atom is 0.161 e. The summed E-state index contributed by atoms with van der Waals surface area (Å²) in [4.78, 5) is 6.77. The van der Waals surface area contributed by atoms with E-state index in [1.165, 1.54) is 16.7 Å². The molecule has 3 aromatic rings. The van der Waals surface area contributed by atoms with Crippen molar-refractivity contribution in [1.82, 2.24) is 9.88 Å². The molecule has 8 nitrogen and oxygen atoms in total. The number of benzene rings is 2. The molecule has 8 heteroatoms. The molecule has 1 atom stereocenters. The van der Waals surface area contributed by atoms with Crippen molar-refractivity contribution in [1.29, 1.82) is 0 Å². The minimum absolute atomic E-state index is 0.0139. The van der Waals surface area contributed by atoms with Crippen molar-refractivity contribution < 1.29 is 24.5 Å². The zero-order valence-corrected chi connectivity index (χ0v) is 20.8. The Morgan fingerprint density at radius 3 is 2.58 bits per heavy atom. The lowest BCUT2D eigenvalue weighted by Crippen LogP contribution is -2.38. The number of rotatable bonds is 11. The van der Waals surface area contributed by atoms with E-state index in [0.717, 1.165) is 49.3 Å². The predicted octanol–water partition coefficient (Wildman–Crippen LogP) is 4.21. The largest absolute Gasteiger partial charge is 0.506 e.